The highest BCUT2D eigenvalue weighted by atomic mass is 32.2. The Morgan fingerprint density at radius 2 is 1.84 bits per heavy atom. The first-order chi connectivity index (χ1) is 14.8. The van der Waals surface area contributed by atoms with E-state index in [1.165, 1.54) is 23.2 Å². The van der Waals surface area contributed by atoms with E-state index in [0.29, 0.717) is 36.4 Å². The normalized spacial score (nSPS) is 25.3. The first kappa shape index (κ1) is 22.1. The van der Waals surface area contributed by atoms with Crippen molar-refractivity contribution in [1.82, 2.24) is 9.62 Å². The van der Waals surface area contributed by atoms with Gasteiger partial charge in [0.05, 0.1) is 10.6 Å². The van der Waals surface area contributed by atoms with Crippen LogP contribution < -0.4 is 15.4 Å². The van der Waals surface area contributed by atoms with Gasteiger partial charge in [0.25, 0.3) is 5.91 Å². The molecule has 0 bridgehead atoms. The first-order valence-corrected chi connectivity index (χ1v) is 12.7. The van der Waals surface area contributed by atoms with Crippen molar-refractivity contribution in [2.45, 2.75) is 88.3 Å². The minimum absolute atomic E-state index is 0.115. The zero-order valence-corrected chi connectivity index (χ0v) is 19.0. The molecule has 2 N–H and O–H groups in total. The summed E-state index contributed by atoms with van der Waals surface area (Å²) >= 11 is 0. The molecule has 2 atom stereocenters. The molecule has 1 saturated carbocycles. The lowest BCUT2D eigenvalue weighted by molar-refractivity contribution is -0.125. The van der Waals surface area contributed by atoms with Gasteiger partial charge in [-0.15, -0.1) is 0 Å². The molecule has 0 aromatic heterocycles. The van der Waals surface area contributed by atoms with Crippen molar-refractivity contribution >= 4 is 27.5 Å². The van der Waals surface area contributed by atoms with Gasteiger partial charge in [-0.1, -0.05) is 25.7 Å². The van der Waals surface area contributed by atoms with Gasteiger partial charge >= 0.3 is 0 Å². The first-order valence-electron chi connectivity index (χ1n) is 11.2. The quantitative estimate of drug-likeness (QED) is 0.688. The van der Waals surface area contributed by atoms with Gasteiger partial charge in [-0.2, -0.15) is 4.31 Å². The number of benzene rings is 1. The molecule has 1 aromatic rings. The van der Waals surface area contributed by atoms with Crippen LogP contribution in [-0.2, 0) is 19.6 Å². The zero-order valence-electron chi connectivity index (χ0n) is 18.1. The highest BCUT2D eigenvalue weighted by Crippen LogP contribution is 2.37. The number of amides is 2. The number of carbonyl (C=O) groups excluding carboxylic acids is 2. The fourth-order valence-corrected chi connectivity index (χ4v) is 6.64. The summed E-state index contributed by atoms with van der Waals surface area (Å²) in [5.41, 5.74) is 0.968. The molecule has 8 nitrogen and oxygen atoms in total. The maximum Gasteiger partial charge on any atom is 0.265 e. The molecule has 0 spiro atoms. The molecular weight excluding hydrogens is 418 g/mol. The Hall–Kier alpha value is -2.13. The maximum absolute atomic E-state index is 13.6. The molecule has 2 amide bonds. The Kier molecular flexibility index (Phi) is 6.25. The van der Waals surface area contributed by atoms with Gasteiger partial charge in [-0.05, 0) is 51.2 Å². The van der Waals surface area contributed by atoms with Crippen LogP contribution in [0.2, 0.25) is 0 Å². The highest BCUT2D eigenvalue weighted by Gasteiger charge is 2.41. The Morgan fingerprint density at radius 3 is 2.55 bits per heavy atom. The standard InChI is InChI=1S/C22H31N3O5S/c1-14-12-17-19(30-15(2)21(26)24-17)13-20(14)31(28,29)25-11-7-10-18(25)22(27)23-16-8-5-3-4-6-9-16/h12-13,15-16,18H,3-11H2,1-2H3,(H,23,27)(H,24,26)/t15-,18+/m1/s1. The van der Waals surface area contributed by atoms with Gasteiger partial charge in [0.2, 0.25) is 15.9 Å². The molecule has 2 aliphatic heterocycles. The van der Waals surface area contributed by atoms with Crippen molar-refractivity contribution in [3.8, 4) is 5.75 Å². The summed E-state index contributed by atoms with van der Waals surface area (Å²) in [6, 6.07) is 2.52. The molecular formula is C22H31N3O5S. The van der Waals surface area contributed by atoms with Gasteiger partial charge < -0.3 is 15.4 Å². The van der Waals surface area contributed by atoms with E-state index in [-0.39, 0.29) is 22.8 Å². The highest BCUT2D eigenvalue weighted by molar-refractivity contribution is 7.89. The van der Waals surface area contributed by atoms with Crippen LogP contribution in [0.3, 0.4) is 0 Å². The lowest BCUT2D eigenvalue weighted by atomic mass is 10.1. The molecule has 9 heteroatoms. The van der Waals surface area contributed by atoms with E-state index in [1.807, 2.05) is 0 Å². The fraction of sp³-hybridized carbons (Fsp3) is 0.636. The van der Waals surface area contributed by atoms with E-state index >= 15 is 0 Å². The molecule has 31 heavy (non-hydrogen) atoms. The van der Waals surface area contributed by atoms with Crippen LogP contribution in [0.1, 0.15) is 63.9 Å². The number of ether oxygens (including phenoxy) is 1. The van der Waals surface area contributed by atoms with Crippen molar-refractivity contribution < 1.29 is 22.7 Å². The third-order valence-electron chi connectivity index (χ3n) is 6.50. The number of nitrogens with zero attached hydrogens (tertiary/aromatic N) is 1. The number of nitrogens with one attached hydrogen (secondary N) is 2. The maximum atomic E-state index is 13.6. The van der Waals surface area contributed by atoms with Crippen LogP contribution >= 0.6 is 0 Å². The number of hydrogen-bond acceptors (Lipinski definition) is 5. The topological polar surface area (TPSA) is 105 Å². The van der Waals surface area contributed by atoms with Crippen molar-refractivity contribution in [1.29, 1.82) is 0 Å². The van der Waals surface area contributed by atoms with E-state index < -0.39 is 22.2 Å². The lowest BCUT2D eigenvalue weighted by Crippen LogP contribution is -2.48. The number of aryl methyl sites for hydroxylation is 1. The predicted molar refractivity (Wildman–Crippen MR) is 116 cm³/mol. The summed E-state index contributed by atoms with van der Waals surface area (Å²) in [7, 11) is -3.90. The molecule has 3 aliphatic rings. The summed E-state index contributed by atoms with van der Waals surface area (Å²) in [5.74, 6) is -0.132. The van der Waals surface area contributed by atoms with Crippen LogP contribution in [-0.4, -0.2) is 49.3 Å². The average Bonchev–Trinajstić information content (AvgIpc) is 3.09. The Morgan fingerprint density at radius 1 is 1.13 bits per heavy atom. The summed E-state index contributed by atoms with van der Waals surface area (Å²) in [4.78, 5) is 25.0. The van der Waals surface area contributed by atoms with Crippen molar-refractivity contribution in [3.63, 3.8) is 0 Å². The molecule has 1 saturated heterocycles. The smallest absolute Gasteiger partial charge is 0.265 e. The summed E-state index contributed by atoms with van der Waals surface area (Å²) in [6.07, 6.45) is 6.95. The molecule has 1 aliphatic carbocycles. The van der Waals surface area contributed by atoms with E-state index in [2.05, 4.69) is 10.6 Å². The van der Waals surface area contributed by atoms with E-state index in [4.69, 9.17) is 4.74 Å². The van der Waals surface area contributed by atoms with Crippen LogP contribution in [0.25, 0.3) is 0 Å². The van der Waals surface area contributed by atoms with Gasteiger partial charge in [-0.25, -0.2) is 8.42 Å². The Balaban J connectivity index is 1.57. The van der Waals surface area contributed by atoms with Gasteiger partial charge in [-0.3, -0.25) is 9.59 Å². The summed E-state index contributed by atoms with van der Waals surface area (Å²) in [6.45, 7) is 3.62. The number of sulfonamides is 1. The monoisotopic (exact) mass is 449 g/mol. The van der Waals surface area contributed by atoms with Crippen molar-refractivity contribution in [2.24, 2.45) is 0 Å². The fourth-order valence-electron chi connectivity index (χ4n) is 4.76. The number of fused-ring (bicyclic) bond motifs is 1. The van der Waals surface area contributed by atoms with E-state index in [1.54, 1.807) is 19.9 Å². The van der Waals surface area contributed by atoms with Gasteiger partial charge in [0.1, 0.15) is 11.8 Å². The second-order valence-electron chi connectivity index (χ2n) is 8.83. The second kappa shape index (κ2) is 8.78. The minimum Gasteiger partial charge on any atom is -0.479 e. The predicted octanol–water partition coefficient (Wildman–Crippen LogP) is 2.71. The summed E-state index contributed by atoms with van der Waals surface area (Å²) < 4.78 is 34.0. The third kappa shape index (κ3) is 4.43. The SMILES string of the molecule is Cc1cc2c(cc1S(=O)(=O)N1CCC[C@H]1C(=O)NC1CCCCCC1)O[C@H](C)C(=O)N2. The molecule has 170 valence electrons. The molecule has 2 heterocycles. The van der Waals surface area contributed by atoms with Gasteiger partial charge in [0.15, 0.2) is 6.10 Å². The van der Waals surface area contributed by atoms with Crippen LogP contribution in [0.5, 0.6) is 5.75 Å². The van der Waals surface area contributed by atoms with E-state index in [0.717, 1.165) is 25.7 Å². The minimum atomic E-state index is -3.90. The molecule has 0 radical (unpaired) electrons. The van der Waals surface area contributed by atoms with Crippen molar-refractivity contribution in [3.05, 3.63) is 17.7 Å². The third-order valence-corrected chi connectivity index (χ3v) is 8.55. The Bertz CT molecular complexity index is 970. The number of anilines is 1. The molecule has 2 fully saturated rings. The number of carbonyl (C=O) groups is 2. The zero-order chi connectivity index (χ0) is 22.2. The van der Waals surface area contributed by atoms with Gasteiger partial charge in [0, 0.05) is 18.7 Å². The van der Waals surface area contributed by atoms with Crippen molar-refractivity contribution in [2.75, 3.05) is 11.9 Å². The van der Waals surface area contributed by atoms with Crippen LogP contribution in [0.4, 0.5) is 5.69 Å². The second-order valence-corrected chi connectivity index (χ2v) is 10.7. The lowest BCUT2D eigenvalue weighted by Gasteiger charge is -2.28. The van der Waals surface area contributed by atoms with Crippen LogP contribution in [0.15, 0.2) is 17.0 Å². The largest absolute Gasteiger partial charge is 0.479 e. The Labute approximate surface area is 183 Å². The van der Waals surface area contributed by atoms with E-state index in [9.17, 15) is 18.0 Å². The molecule has 4 rings (SSSR count). The average molecular weight is 450 g/mol. The number of rotatable bonds is 4. The molecule has 1 aromatic carbocycles. The molecule has 0 unspecified atom stereocenters. The summed E-state index contributed by atoms with van der Waals surface area (Å²) in [5, 5.41) is 5.85. The number of hydrogen-bond donors (Lipinski definition) is 2. The van der Waals surface area contributed by atoms with Crippen LogP contribution in [0, 0.1) is 6.92 Å².